The van der Waals surface area contributed by atoms with Crippen molar-refractivity contribution in [2.45, 2.75) is 85.5 Å². The molecule has 4 aliphatic carbocycles. The minimum atomic E-state index is 0.296. The fraction of sp³-hybridized carbons (Fsp3) is 0.958. The van der Waals surface area contributed by atoms with Gasteiger partial charge in [0, 0.05) is 19.6 Å². The Balaban J connectivity index is 1.60. The van der Waals surface area contributed by atoms with Crippen LogP contribution in [0.15, 0.2) is 0 Å². The summed E-state index contributed by atoms with van der Waals surface area (Å²) in [4.78, 5) is 12.3. The van der Waals surface area contributed by atoms with Crippen molar-refractivity contribution in [2.75, 3.05) is 13.7 Å². The Morgan fingerprint density at radius 1 is 0.962 bits per heavy atom. The van der Waals surface area contributed by atoms with Gasteiger partial charge >= 0.3 is 0 Å². The summed E-state index contributed by atoms with van der Waals surface area (Å²) in [5, 5.41) is 0. The maximum absolute atomic E-state index is 12.3. The lowest BCUT2D eigenvalue weighted by Crippen LogP contribution is -2.58. The SMILES string of the molecule is COC[C@H]1CC[C@]2(C)C3CC[C@@]4(C)C(CC[C@@H]4C(C)=O)[C@@H]3CC[C@]2(C)C1. The van der Waals surface area contributed by atoms with Gasteiger partial charge in [-0.05, 0) is 105 Å². The average molecular weight is 361 g/mol. The molecule has 4 fully saturated rings. The van der Waals surface area contributed by atoms with Gasteiger partial charge in [0.15, 0.2) is 0 Å². The first-order valence-corrected chi connectivity index (χ1v) is 11.2. The Morgan fingerprint density at radius 2 is 1.73 bits per heavy atom. The molecule has 0 aromatic rings. The fourth-order valence-electron chi connectivity index (χ4n) is 8.81. The lowest BCUT2D eigenvalue weighted by atomic mass is 9.40. The number of hydrogen-bond acceptors (Lipinski definition) is 2. The first-order chi connectivity index (χ1) is 12.2. The second kappa shape index (κ2) is 6.33. The van der Waals surface area contributed by atoms with Crippen LogP contribution in [-0.4, -0.2) is 19.5 Å². The van der Waals surface area contributed by atoms with Crippen LogP contribution >= 0.6 is 0 Å². The molecule has 0 bridgehead atoms. The summed E-state index contributed by atoms with van der Waals surface area (Å²) in [6.45, 7) is 10.5. The number of Topliss-reactive ketones (excluding diaryl/α,β-unsaturated/α-hetero) is 1. The molecule has 0 saturated heterocycles. The molecule has 0 spiro atoms. The highest BCUT2D eigenvalue weighted by Crippen LogP contribution is 2.71. The van der Waals surface area contributed by atoms with Gasteiger partial charge in [-0.15, -0.1) is 0 Å². The van der Waals surface area contributed by atoms with Crippen LogP contribution in [0.5, 0.6) is 0 Å². The van der Waals surface area contributed by atoms with Gasteiger partial charge in [-0.2, -0.15) is 0 Å². The number of fused-ring (bicyclic) bond motifs is 5. The van der Waals surface area contributed by atoms with Crippen molar-refractivity contribution >= 4 is 5.78 Å². The molecule has 4 saturated carbocycles. The highest BCUT2D eigenvalue weighted by molar-refractivity contribution is 5.79. The predicted molar refractivity (Wildman–Crippen MR) is 106 cm³/mol. The summed E-state index contributed by atoms with van der Waals surface area (Å²) in [5.41, 5.74) is 1.28. The molecular formula is C24H40O2. The number of carbonyl (C=O) groups is 1. The summed E-state index contributed by atoms with van der Waals surface area (Å²) < 4.78 is 5.52. The van der Waals surface area contributed by atoms with Crippen molar-refractivity contribution in [2.24, 2.45) is 45.8 Å². The molecule has 0 aliphatic heterocycles. The van der Waals surface area contributed by atoms with Crippen LogP contribution in [0.1, 0.15) is 85.5 Å². The van der Waals surface area contributed by atoms with E-state index in [1.165, 1.54) is 51.4 Å². The van der Waals surface area contributed by atoms with Crippen molar-refractivity contribution in [3.63, 3.8) is 0 Å². The fourth-order valence-corrected chi connectivity index (χ4v) is 8.81. The van der Waals surface area contributed by atoms with Gasteiger partial charge in [-0.1, -0.05) is 20.8 Å². The maximum atomic E-state index is 12.3. The summed E-state index contributed by atoms with van der Waals surface area (Å²) in [6, 6.07) is 0. The molecule has 8 atom stereocenters. The van der Waals surface area contributed by atoms with Gasteiger partial charge in [-0.3, -0.25) is 4.79 Å². The number of methoxy groups -OCH3 is 1. The molecule has 0 aromatic heterocycles. The zero-order valence-corrected chi connectivity index (χ0v) is 17.8. The Labute approximate surface area is 160 Å². The normalized spacial score (nSPS) is 53.5. The molecule has 2 unspecified atom stereocenters. The number of ether oxygens (including phenoxy) is 1. The van der Waals surface area contributed by atoms with Crippen molar-refractivity contribution in [1.29, 1.82) is 0 Å². The van der Waals surface area contributed by atoms with Crippen LogP contribution in [0.25, 0.3) is 0 Å². The van der Waals surface area contributed by atoms with Gasteiger partial charge in [0.25, 0.3) is 0 Å². The Morgan fingerprint density at radius 3 is 2.42 bits per heavy atom. The average Bonchev–Trinajstić information content (AvgIpc) is 2.93. The van der Waals surface area contributed by atoms with Crippen LogP contribution in [-0.2, 0) is 9.53 Å². The van der Waals surface area contributed by atoms with Crippen LogP contribution in [0.3, 0.4) is 0 Å². The van der Waals surface area contributed by atoms with E-state index in [1.807, 2.05) is 14.0 Å². The second-order valence-electron chi connectivity index (χ2n) is 11.2. The smallest absolute Gasteiger partial charge is 0.133 e. The molecule has 0 amide bonds. The van der Waals surface area contributed by atoms with Gasteiger partial charge in [-0.25, -0.2) is 0 Å². The van der Waals surface area contributed by atoms with E-state index in [2.05, 4.69) is 20.8 Å². The Hall–Kier alpha value is -0.370. The summed E-state index contributed by atoms with van der Waals surface area (Å²) >= 11 is 0. The molecule has 2 heteroatoms. The second-order valence-corrected chi connectivity index (χ2v) is 11.2. The van der Waals surface area contributed by atoms with Gasteiger partial charge in [0.2, 0.25) is 0 Å². The molecule has 4 aliphatic rings. The van der Waals surface area contributed by atoms with Crippen LogP contribution in [0.4, 0.5) is 0 Å². The van der Waals surface area contributed by atoms with Gasteiger partial charge in [0.05, 0.1) is 0 Å². The van der Waals surface area contributed by atoms with Crippen molar-refractivity contribution in [3.05, 3.63) is 0 Å². The van der Waals surface area contributed by atoms with Crippen molar-refractivity contribution in [1.82, 2.24) is 0 Å². The van der Waals surface area contributed by atoms with Crippen molar-refractivity contribution in [3.8, 4) is 0 Å². The van der Waals surface area contributed by atoms with Gasteiger partial charge < -0.3 is 4.74 Å². The topological polar surface area (TPSA) is 26.3 Å². The zero-order chi connectivity index (χ0) is 18.7. The van der Waals surface area contributed by atoms with E-state index in [4.69, 9.17) is 4.74 Å². The van der Waals surface area contributed by atoms with E-state index in [-0.39, 0.29) is 0 Å². The highest BCUT2D eigenvalue weighted by atomic mass is 16.5. The molecule has 2 nitrogen and oxygen atoms in total. The third-order valence-corrected chi connectivity index (χ3v) is 10.4. The lowest BCUT2D eigenvalue weighted by Gasteiger charge is -2.65. The summed E-state index contributed by atoms with van der Waals surface area (Å²) in [7, 11) is 1.86. The van der Waals surface area contributed by atoms with Crippen LogP contribution in [0, 0.1) is 45.8 Å². The zero-order valence-electron chi connectivity index (χ0n) is 17.8. The largest absolute Gasteiger partial charge is 0.384 e. The third-order valence-electron chi connectivity index (χ3n) is 10.4. The van der Waals surface area contributed by atoms with E-state index in [0.717, 1.165) is 36.7 Å². The predicted octanol–water partition coefficient (Wildman–Crippen LogP) is 5.89. The highest BCUT2D eigenvalue weighted by Gasteiger charge is 2.63. The summed E-state index contributed by atoms with van der Waals surface area (Å²) in [5.74, 6) is 4.11. The third kappa shape index (κ3) is 2.50. The molecule has 148 valence electrons. The van der Waals surface area contributed by atoms with E-state index >= 15 is 0 Å². The molecule has 0 N–H and O–H groups in total. The molecule has 4 rings (SSSR count). The number of rotatable bonds is 3. The van der Waals surface area contributed by atoms with Crippen LogP contribution < -0.4 is 0 Å². The number of hydrogen-bond donors (Lipinski definition) is 0. The Kier molecular flexibility index (Phi) is 4.61. The van der Waals surface area contributed by atoms with E-state index < -0.39 is 0 Å². The minimum absolute atomic E-state index is 0.296. The van der Waals surface area contributed by atoms with Crippen molar-refractivity contribution < 1.29 is 9.53 Å². The first kappa shape index (κ1) is 19.0. The molecular weight excluding hydrogens is 320 g/mol. The molecule has 26 heavy (non-hydrogen) atoms. The first-order valence-electron chi connectivity index (χ1n) is 11.2. The van der Waals surface area contributed by atoms with E-state index in [9.17, 15) is 4.79 Å². The molecule has 0 radical (unpaired) electrons. The summed E-state index contributed by atoms with van der Waals surface area (Å²) in [6.07, 6.45) is 12.0. The van der Waals surface area contributed by atoms with E-state index in [1.54, 1.807) is 0 Å². The minimum Gasteiger partial charge on any atom is -0.384 e. The molecule has 0 aromatic carbocycles. The van der Waals surface area contributed by atoms with Gasteiger partial charge in [0.1, 0.15) is 5.78 Å². The monoisotopic (exact) mass is 360 g/mol. The van der Waals surface area contributed by atoms with E-state index in [0.29, 0.717) is 27.9 Å². The Bertz CT molecular complexity index is 571. The maximum Gasteiger partial charge on any atom is 0.133 e. The lowest BCUT2D eigenvalue weighted by molar-refractivity contribution is -0.166. The quantitative estimate of drug-likeness (QED) is 0.627. The van der Waals surface area contributed by atoms with Crippen LogP contribution in [0.2, 0.25) is 0 Å². The molecule has 0 heterocycles. The standard InChI is InChI=1S/C24H40O2/c1-16(25)19-6-7-20-18-9-11-22(2)14-17(15-26-5)8-13-24(22,4)21(18)10-12-23(19,20)3/h17-21H,6-15H2,1-5H3/t17-,18-,19+,20?,21?,22+,23+,24+/m0/s1. The number of carbonyl (C=O) groups excluding carboxylic acids is 1. The number of ketones is 1.